The predicted molar refractivity (Wildman–Crippen MR) is 56.8 cm³/mol. The highest BCUT2D eigenvalue weighted by Gasteiger charge is 2.11. The Morgan fingerprint density at radius 2 is 2.00 bits per heavy atom. The van der Waals surface area contributed by atoms with Crippen molar-refractivity contribution in [2.75, 3.05) is 0 Å². The van der Waals surface area contributed by atoms with Gasteiger partial charge in [-0.15, -0.1) is 0 Å². The summed E-state index contributed by atoms with van der Waals surface area (Å²) in [5, 5.41) is 13.9. The number of benzene rings is 2. The van der Waals surface area contributed by atoms with Gasteiger partial charge in [0, 0.05) is 5.56 Å². The number of hydrogen-bond donors (Lipinski definition) is 0. The maximum absolute atomic E-state index is 11.6. The lowest BCUT2D eigenvalue weighted by Gasteiger charge is -2.12. The van der Waals surface area contributed by atoms with Gasteiger partial charge in [-0.25, -0.2) is 0 Å². The average molecular weight is 181 g/mol. The lowest BCUT2D eigenvalue weighted by atomic mass is 9.93. The Morgan fingerprint density at radius 1 is 1.07 bits per heavy atom. The summed E-state index contributed by atoms with van der Waals surface area (Å²) >= 11 is 0. The fourth-order valence-electron chi connectivity index (χ4n) is 2.11. The molecule has 67 valence electrons. The zero-order chi connectivity index (χ0) is 9.54. The van der Waals surface area contributed by atoms with Gasteiger partial charge in [0.15, 0.2) is 5.75 Å². The van der Waals surface area contributed by atoms with Gasteiger partial charge in [-0.2, -0.15) is 0 Å². The van der Waals surface area contributed by atoms with Crippen molar-refractivity contribution >= 4 is 16.8 Å². The molecule has 1 aliphatic rings. The molecule has 0 fully saturated rings. The fourth-order valence-corrected chi connectivity index (χ4v) is 2.11. The summed E-state index contributed by atoms with van der Waals surface area (Å²) in [7, 11) is 0. The first-order chi connectivity index (χ1) is 6.86. The van der Waals surface area contributed by atoms with E-state index in [-0.39, 0.29) is 5.75 Å². The highest BCUT2D eigenvalue weighted by Crippen LogP contribution is 2.34. The lowest BCUT2D eigenvalue weighted by Crippen LogP contribution is -1.92. The number of hydrogen-bond acceptors (Lipinski definition) is 0. The SMILES string of the molecule is [O]c1ccc2cccc3c2c1C=CC3. The maximum Gasteiger partial charge on any atom is 0.186 e. The molecule has 1 aliphatic carbocycles. The second kappa shape index (κ2) is 2.61. The third-order valence-corrected chi connectivity index (χ3v) is 2.75. The van der Waals surface area contributed by atoms with E-state index in [1.807, 2.05) is 18.2 Å². The largest absolute Gasteiger partial charge is 0.289 e. The standard InChI is InChI=1S/C13H9O/c14-12-8-7-10-4-1-3-9-5-2-6-11(12)13(9)10/h1-4,6-8H,5H2. The Hall–Kier alpha value is -1.76. The quantitative estimate of drug-likeness (QED) is 0.592. The summed E-state index contributed by atoms with van der Waals surface area (Å²) in [5.74, 6) is 0.126. The molecule has 0 aliphatic heterocycles. The Kier molecular flexibility index (Phi) is 1.42. The molecular formula is C13H9O. The van der Waals surface area contributed by atoms with Gasteiger partial charge >= 0.3 is 0 Å². The van der Waals surface area contributed by atoms with Gasteiger partial charge in [-0.3, -0.25) is 5.11 Å². The molecule has 0 amide bonds. The van der Waals surface area contributed by atoms with Crippen molar-refractivity contribution in [2.45, 2.75) is 6.42 Å². The van der Waals surface area contributed by atoms with Crippen molar-refractivity contribution in [3.8, 4) is 5.75 Å². The number of rotatable bonds is 0. The minimum absolute atomic E-state index is 0.126. The monoisotopic (exact) mass is 181 g/mol. The van der Waals surface area contributed by atoms with Crippen LogP contribution in [0.2, 0.25) is 0 Å². The molecule has 2 aromatic rings. The molecule has 0 saturated carbocycles. The lowest BCUT2D eigenvalue weighted by molar-refractivity contribution is 0.354. The summed E-state index contributed by atoms with van der Waals surface area (Å²) in [4.78, 5) is 0. The van der Waals surface area contributed by atoms with Crippen LogP contribution in [0.4, 0.5) is 0 Å². The molecule has 0 atom stereocenters. The van der Waals surface area contributed by atoms with Crippen molar-refractivity contribution in [1.82, 2.24) is 0 Å². The molecule has 0 saturated heterocycles. The third kappa shape index (κ3) is 0.896. The minimum atomic E-state index is 0.126. The Morgan fingerprint density at radius 3 is 2.93 bits per heavy atom. The summed E-state index contributed by atoms with van der Waals surface area (Å²) in [6.45, 7) is 0. The van der Waals surface area contributed by atoms with E-state index in [1.165, 1.54) is 10.9 Å². The minimum Gasteiger partial charge on any atom is -0.289 e. The number of allylic oxidation sites excluding steroid dienone is 1. The van der Waals surface area contributed by atoms with Crippen molar-refractivity contribution < 1.29 is 5.11 Å². The molecule has 0 N–H and O–H groups in total. The maximum atomic E-state index is 11.6. The van der Waals surface area contributed by atoms with E-state index in [2.05, 4.69) is 18.2 Å². The summed E-state index contributed by atoms with van der Waals surface area (Å²) in [6.07, 6.45) is 4.93. The van der Waals surface area contributed by atoms with Gasteiger partial charge in [-0.05, 0) is 28.8 Å². The first-order valence-corrected chi connectivity index (χ1v) is 4.74. The molecule has 0 bridgehead atoms. The fraction of sp³-hybridized carbons (Fsp3) is 0.0769. The second-order valence-electron chi connectivity index (χ2n) is 3.60. The zero-order valence-electron chi connectivity index (χ0n) is 7.66. The van der Waals surface area contributed by atoms with Crippen LogP contribution in [0.3, 0.4) is 0 Å². The summed E-state index contributed by atoms with van der Waals surface area (Å²) in [5.41, 5.74) is 2.11. The first kappa shape index (κ1) is 7.63. The van der Waals surface area contributed by atoms with Crippen LogP contribution >= 0.6 is 0 Å². The van der Waals surface area contributed by atoms with Crippen LogP contribution in [-0.4, -0.2) is 0 Å². The molecule has 0 unspecified atom stereocenters. The smallest absolute Gasteiger partial charge is 0.186 e. The third-order valence-electron chi connectivity index (χ3n) is 2.75. The van der Waals surface area contributed by atoms with Crippen LogP contribution in [0, 0.1) is 0 Å². The molecule has 0 aromatic heterocycles. The summed E-state index contributed by atoms with van der Waals surface area (Å²) < 4.78 is 0. The van der Waals surface area contributed by atoms with Gasteiger partial charge in [0.1, 0.15) is 0 Å². The zero-order valence-corrected chi connectivity index (χ0v) is 7.66. The van der Waals surface area contributed by atoms with Crippen LogP contribution in [-0.2, 0) is 11.5 Å². The van der Waals surface area contributed by atoms with Gasteiger partial charge in [0.25, 0.3) is 0 Å². The molecular weight excluding hydrogens is 172 g/mol. The molecule has 1 radical (unpaired) electrons. The van der Waals surface area contributed by atoms with E-state index in [0.29, 0.717) is 0 Å². The van der Waals surface area contributed by atoms with Crippen LogP contribution in [0.1, 0.15) is 11.1 Å². The Balaban J connectivity index is 2.56. The van der Waals surface area contributed by atoms with Gasteiger partial charge in [0.05, 0.1) is 0 Å². The Labute approximate surface area is 82.3 Å². The van der Waals surface area contributed by atoms with Crippen LogP contribution in [0.15, 0.2) is 36.4 Å². The highest BCUT2D eigenvalue weighted by atomic mass is 16.3. The van der Waals surface area contributed by atoms with E-state index in [0.717, 1.165) is 17.4 Å². The predicted octanol–water partition coefficient (Wildman–Crippen LogP) is 3.55. The molecule has 0 spiro atoms. The van der Waals surface area contributed by atoms with Crippen LogP contribution in [0.25, 0.3) is 16.8 Å². The molecule has 1 nitrogen and oxygen atoms in total. The van der Waals surface area contributed by atoms with Crippen LogP contribution in [0.5, 0.6) is 5.75 Å². The first-order valence-electron chi connectivity index (χ1n) is 4.74. The second-order valence-corrected chi connectivity index (χ2v) is 3.60. The van der Waals surface area contributed by atoms with E-state index in [4.69, 9.17) is 0 Å². The van der Waals surface area contributed by atoms with E-state index in [1.54, 1.807) is 6.07 Å². The average Bonchev–Trinajstić information content (AvgIpc) is 2.24. The van der Waals surface area contributed by atoms with E-state index in [9.17, 15) is 5.11 Å². The molecule has 14 heavy (non-hydrogen) atoms. The molecule has 0 heterocycles. The molecule has 3 rings (SSSR count). The van der Waals surface area contributed by atoms with E-state index >= 15 is 0 Å². The van der Waals surface area contributed by atoms with Crippen molar-refractivity contribution in [3.63, 3.8) is 0 Å². The van der Waals surface area contributed by atoms with Crippen molar-refractivity contribution in [2.24, 2.45) is 0 Å². The highest BCUT2D eigenvalue weighted by molar-refractivity contribution is 5.97. The van der Waals surface area contributed by atoms with Crippen molar-refractivity contribution in [3.05, 3.63) is 47.5 Å². The normalized spacial score (nSPS) is 13.4. The van der Waals surface area contributed by atoms with Gasteiger partial charge < -0.3 is 0 Å². The van der Waals surface area contributed by atoms with Crippen LogP contribution < -0.4 is 0 Å². The van der Waals surface area contributed by atoms with Gasteiger partial charge in [0.2, 0.25) is 0 Å². The van der Waals surface area contributed by atoms with Crippen molar-refractivity contribution in [1.29, 1.82) is 0 Å². The summed E-state index contributed by atoms with van der Waals surface area (Å²) in [6, 6.07) is 9.75. The topological polar surface area (TPSA) is 19.9 Å². The molecule has 1 heteroatoms. The van der Waals surface area contributed by atoms with Gasteiger partial charge in [-0.1, -0.05) is 36.4 Å². The molecule has 2 aromatic carbocycles. The van der Waals surface area contributed by atoms with E-state index < -0.39 is 0 Å². The Bertz CT molecular complexity index is 538.